The van der Waals surface area contributed by atoms with Gasteiger partial charge in [0.1, 0.15) is 48.8 Å². The van der Waals surface area contributed by atoms with Gasteiger partial charge in [0.15, 0.2) is 12.6 Å². The molecule has 2 saturated heterocycles. The van der Waals surface area contributed by atoms with E-state index in [4.69, 9.17) is 160 Å². The van der Waals surface area contributed by atoms with Gasteiger partial charge in [-0.2, -0.15) is 67.3 Å². The number of ether oxygens (including phenoxy) is 3. The Morgan fingerprint density at radius 2 is 0.547 bits per heavy atom. The molecule has 0 aromatic carbocycles. The van der Waals surface area contributed by atoms with E-state index in [1.165, 1.54) is 0 Å². The first-order valence-electron chi connectivity index (χ1n) is 12.7. The summed E-state index contributed by atoms with van der Waals surface area (Å²) in [5.74, 6) is 0. The second-order valence-electron chi connectivity index (χ2n) is 9.11. The first-order chi connectivity index (χ1) is 26.8. The van der Waals surface area contributed by atoms with E-state index in [1.54, 1.807) is 0 Å². The van der Waals surface area contributed by atoms with E-state index in [1.807, 2.05) is 0 Å². The molecule has 2 heterocycles. The molecule has 0 aromatic heterocycles. The van der Waals surface area contributed by atoms with Crippen molar-refractivity contribution < 1.29 is 195 Å². The Labute approximate surface area is 400 Å². The summed E-state index contributed by atoms with van der Waals surface area (Å²) in [4.78, 5) is 0. The summed E-state index contributed by atoms with van der Waals surface area (Å²) in [5.41, 5.74) is 0. The maximum Gasteiger partial charge on any atom is 0.394 e. The molecule has 2 rings (SSSR count). The van der Waals surface area contributed by atoms with E-state index in [2.05, 4.69) is 0 Å². The first kappa shape index (κ1) is 81.1. The summed E-state index contributed by atoms with van der Waals surface area (Å²) in [5, 5.41) is 76.5. The summed E-state index contributed by atoms with van der Waals surface area (Å²) >= 11 is 0. The summed E-state index contributed by atoms with van der Waals surface area (Å²) in [7, 11) is -37.3. The molecule has 2 aliphatic rings. The molecule has 2 fully saturated rings. The quantitative estimate of drug-likeness (QED) is 0.0918. The second-order valence-corrected chi connectivity index (χ2v) is 16.3. The zero-order chi connectivity index (χ0) is 53.3. The molecule has 0 unspecified atom stereocenters. The maximum atomic E-state index is 9.94. The summed E-state index contributed by atoms with van der Waals surface area (Å²) in [6.45, 7) is -1.35. The van der Waals surface area contributed by atoms with Crippen molar-refractivity contribution in [1.29, 1.82) is 0 Å². The van der Waals surface area contributed by atoms with Crippen molar-refractivity contribution in [3.63, 3.8) is 0 Å². The van der Waals surface area contributed by atoms with Gasteiger partial charge in [-0.15, -0.1) is 0 Å². The van der Waals surface area contributed by atoms with Crippen LogP contribution in [0, 0.1) is 0 Å². The van der Waals surface area contributed by atoms with Crippen LogP contribution in [0.15, 0.2) is 0 Å². The van der Waals surface area contributed by atoms with Gasteiger partial charge in [0.05, 0.1) is 13.2 Å². The van der Waals surface area contributed by atoms with E-state index in [0.29, 0.717) is 0 Å². The van der Waals surface area contributed by atoms with Crippen molar-refractivity contribution in [3.8, 4) is 0 Å². The average molecular weight is 1170 g/mol. The van der Waals surface area contributed by atoms with Crippen LogP contribution in [-0.4, -0.2) is 307 Å². The molecule has 0 bridgehead atoms. The standard InChI is InChI=1S/C12H22O11.K.8H2O4S/c13-1-3-5(15)6(16)9(19)12(22-3)23-10-4(2-14)21-11(20)8(18)7(10)17;;8*1-5(2,3)4/h3-20H,1-2H2;;8*(H2,1,2,3,4)/t3-,4-,5-,6+,7-,8-,9-,10-,11-,12-;;;;;;;;;/m1........./s1. The van der Waals surface area contributed by atoms with Gasteiger partial charge in [0, 0.05) is 51.4 Å². The summed E-state index contributed by atoms with van der Waals surface area (Å²) < 4.78 is 268. The van der Waals surface area contributed by atoms with Gasteiger partial charge in [-0.1, -0.05) is 0 Å². The largest absolute Gasteiger partial charge is 0.394 e. The molecule has 52 heteroatoms. The van der Waals surface area contributed by atoms with Crippen LogP contribution >= 0.6 is 0 Å². The molecule has 64 heavy (non-hydrogen) atoms. The normalized spacial score (nSPS) is 25.8. The molecule has 0 saturated carbocycles. The van der Waals surface area contributed by atoms with Crippen molar-refractivity contribution in [2.75, 3.05) is 13.2 Å². The minimum absolute atomic E-state index is 0. The minimum atomic E-state index is -4.67. The van der Waals surface area contributed by atoms with Crippen molar-refractivity contribution in [3.05, 3.63) is 0 Å². The first-order valence-corrected chi connectivity index (χ1v) is 23.8. The van der Waals surface area contributed by atoms with Crippen LogP contribution in [0.1, 0.15) is 0 Å². The van der Waals surface area contributed by atoms with Crippen LogP contribution in [0.5, 0.6) is 0 Å². The van der Waals surface area contributed by atoms with Gasteiger partial charge in [-0.3, -0.25) is 72.8 Å². The molecule has 0 spiro atoms. The predicted molar refractivity (Wildman–Crippen MR) is 188 cm³/mol. The molecule has 24 N–H and O–H groups in total. The average Bonchev–Trinajstić information content (AvgIpc) is 2.90. The van der Waals surface area contributed by atoms with Gasteiger partial charge in [0.25, 0.3) is 0 Å². The third-order valence-corrected chi connectivity index (χ3v) is 3.98. The van der Waals surface area contributed by atoms with Crippen molar-refractivity contribution >= 4 is 135 Å². The molecule has 1 radical (unpaired) electrons. The predicted octanol–water partition coefficient (Wildman–Crippen LogP) is -11.0. The van der Waals surface area contributed by atoms with Gasteiger partial charge in [0.2, 0.25) is 0 Å². The molecule has 393 valence electrons. The van der Waals surface area contributed by atoms with Crippen molar-refractivity contribution in [1.82, 2.24) is 0 Å². The third-order valence-electron chi connectivity index (χ3n) is 3.98. The van der Waals surface area contributed by atoms with E-state index >= 15 is 0 Å². The molecule has 10 atom stereocenters. The Morgan fingerprint density at radius 3 is 0.750 bits per heavy atom. The number of hydrogen-bond acceptors (Lipinski definition) is 27. The zero-order valence-corrected chi connectivity index (χ0v) is 39.6. The Hall–Kier alpha value is 0.156. The fourth-order valence-corrected chi connectivity index (χ4v) is 2.57. The molecule has 43 nitrogen and oxygen atoms in total. The number of aliphatic hydroxyl groups is 8. The Bertz CT molecular complexity index is 1700. The number of hydrogen-bond donors (Lipinski definition) is 24. The van der Waals surface area contributed by atoms with Crippen LogP contribution in [0.25, 0.3) is 0 Å². The van der Waals surface area contributed by atoms with Crippen LogP contribution in [0.2, 0.25) is 0 Å². The fourth-order valence-electron chi connectivity index (χ4n) is 2.57. The van der Waals surface area contributed by atoms with Crippen LogP contribution in [-0.2, 0) is 97.4 Å². The number of rotatable bonds is 4. The molecule has 0 amide bonds. The summed E-state index contributed by atoms with van der Waals surface area (Å²) in [6, 6.07) is 0. The van der Waals surface area contributed by atoms with Crippen LogP contribution in [0.4, 0.5) is 0 Å². The van der Waals surface area contributed by atoms with Crippen LogP contribution in [0.3, 0.4) is 0 Å². The smallest absolute Gasteiger partial charge is 0.394 e. The maximum absolute atomic E-state index is 9.94. The SMILES string of the molecule is O=S(=O)(O)O.O=S(=O)(O)O.O=S(=O)(O)O.O=S(=O)(O)O.O=S(=O)(O)O.O=S(=O)(O)O.O=S(=O)(O)O.O=S(=O)(O)O.OC[C@H]1O[C@H](O[C@H]2[C@H](O)[C@@H](O)[C@H](O)O[C@@H]2CO)[C@H](O)[C@@H](O)[C@@H]1O.[K]. The van der Waals surface area contributed by atoms with Crippen molar-refractivity contribution in [2.24, 2.45) is 0 Å². The van der Waals surface area contributed by atoms with Crippen LogP contribution < -0.4 is 0 Å². The van der Waals surface area contributed by atoms with E-state index in [0.717, 1.165) is 0 Å². The Morgan fingerprint density at radius 1 is 0.328 bits per heavy atom. The summed E-state index contributed by atoms with van der Waals surface area (Å²) in [6.07, 6.45) is -15.6. The molecule has 0 aromatic rings. The zero-order valence-electron chi connectivity index (χ0n) is 29.9. The minimum Gasteiger partial charge on any atom is -0.394 e. The van der Waals surface area contributed by atoms with E-state index < -0.39 is 158 Å². The van der Waals surface area contributed by atoms with Gasteiger partial charge in [-0.25, -0.2) is 0 Å². The second kappa shape index (κ2) is 35.3. The number of aliphatic hydroxyl groups excluding tert-OH is 8. The van der Waals surface area contributed by atoms with E-state index in [9.17, 15) is 35.7 Å². The Kier molecular flexibility index (Phi) is 44.7. The Balaban J connectivity index is -0.000000105. The van der Waals surface area contributed by atoms with Gasteiger partial charge < -0.3 is 55.1 Å². The molecule has 0 aliphatic carbocycles. The fraction of sp³-hybridized carbons (Fsp3) is 1.00. The van der Waals surface area contributed by atoms with E-state index in [-0.39, 0.29) is 51.4 Å². The monoisotopic (exact) mass is 1160 g/mol. The molecular weight excluding hydrogens is 1130 g/mol. The third kappa shape index (κ3) is 100. The molecule has 2 aliphatic heterocycles. The van der Waals surface area contributed by atoms with Gasteiger partial charge in [-0.05, 0) is 0 Å². The van der Waals surface area contributed by atoms with Gasteiger partial charge >= 0.3 is 83.2 Å². The molecular formula is C12H38KO43S8. The topological polar surface area (TPSA) is 786 Å². The van der Waals surface area contributed by atoms with Crippen molar-refractivity contribution in [2.45, 2.75) is 61.4 Å².